The Morgan fingerprint density at radius 1 is 0.793 bits per heavy atom. The van der Waals surface area contributed by atoms with E-state index in [0.29, 0.717) is 5.69 Å². The highest BCUT2D eigenvalue weighted by molar-refractivity contribution is 5.56. The molecule has 5 nitrogen and oxygen atoms in total. The molecule has 2 aliphatic carbocycles. The molecule has 5 heteroatoms. The predicted molar refractivity (Wildman–Crippen MR) is 111 cm³/mol. The zero-order chi connectivity index (χ0) is 19.9. The molecule has 3 heterocycles. The lowest BCUT2D eigenvalue weighted by Gasteiger charge is -2.62. The summed E-state index contributed by atoms with van der Waals surface area (Å²) in [6.07, 6.45) is 4.24. The largest absolute Gasteiger partial charge is 0.352 e. The van der Waals surface area contributed by atoms with Crippen molar-refractivity contribution in [1.82, 2.24) is 13.9 Å². The van der Waals surface area contributed by atoms with E-state index in [0.717, 1.165) is 0 Å². The van der Waals surface area contributed by atoms with Gasteiger partial charge in [-0.1, -0.05) is 71.8 Å². The van der Waals surface area contributed by atoms with Gasteiger partial charge in [0.1, 0.15) is 0 Å². The van der Waals surface area contributed by atoms with Crippen LogP contribution in [-0.4, -0.2) is 13.9 Å². The van der Waals surface area contributed by atoms with E-state index in [1.54, 1.807) is 21.5 Å². The van der Waals surface area contributed by atoms with Crippen molar-refractivity contribution in [1.29, 1.82) is 0 Å². The number of hydrogen-bond acceptors (Lipinski definition) is 2. The average molecular weight is 383 g/mol. The maximum atomic E-state index is 13.5. The molecule has 1 aromatic heterocycles. The molecule has 4 aliphatic rings. The molecule has 0 saturated heterocycles. The summed E-state index contributed by atoms with van der Waals surface area (Å²) in [5.41, 5.74) is 3.65. The molecule has 0 saturated carbocycles. The fraction of sp³-hybridized carbons (Fsp3) is 0.250. The summed E-state index contributed by atoms with van der Waals surface area (Å²) in [6, 6.07) is 19.3. The second kappa shape index (κ2) is 5.38. The maximum absolute atomic E-state index is 13.5. The summed E-state index contributed by atoms with van der Waals surface area (Å²) in [7, 11) is 0. The van der Waals surface area contributed by atoms with Crippen LogP contribution in [0.2, 0.25) is 0 Å². The molecule has 2 aromatic carbocycles. The van der Waals surface area contributed by atoms with E-state index >= 15 is 0 Å². The van der Waals surface area contributed by atoms with E-state index < -0.39 is 0 Å². The van der Waals surface area contributed by atoms with Crippen molar-refractivity contribution in [2.45, 2.75) is 31.3 Å². The monoisotopic (exact) mass is 383 g/mol. The van der Waals surface area contributed by atoms with Gasteiger partial charge in [-0.2, -0.15) is 0 Å². The van der Waals surface area contributed by atoms with Gasteiger partial charge in [-0.15, -0.1) is 0 Å². The summed E-state index contributed by atoms with van der Waals surface area (Å²) in [4.78, 5) is 26.9. The van der Waals surface area contributed by atoms with Crippen LogP contribution in [0, 0.1) is 5.92 Å². The smallest absolute Gasteiger partial charge is 0.245 e. The molecular weight excluding hydrogens is 362 g/mol. The van der Waals surface area contributed by atoms with E-state index in [2.05, 4.69) is 50.3 Å². The van der Waals surface area contributed by atoms with Gasteiger partial charge in [0.05, 0.1) is 23.2 Å². The number of benzene rings is 2. The van der Waals surface area contributed by atoms with Gasteiger partial charge in [0, 0.05) is 5.92 Å². The van der Waals surface area contributed by atoms with Crippen molar-refractivity contribution >= 4 is 0 Å². The second-order valence-corrected chi connectivity index (χ2v) is 8.27. The van der Waals surface area contributed by atoms with Gasteiger partial charge in [-0.3, -0.25) is 0 Å². The fourth-order valence-electron chi connectivity index (χ4n) is 6.04. The average Bonchev–Trinajstić information content (AvgIpc) is 3.05. The highest BCUT2D eigenvalue weighted by Crippen LogP contribution is 2.66. The second-order valence-electron chi connectivity index (χ2n) is 8.27. The Labute approximate surface area is 167 Å². The molecule has 144 valence electrons. The van der Waals surface area contributed by atoms with Crippen molar-refractivity contribution in [2.75, 3.05) is 0 Å². The summed E-state index contributed by atoms with van der Waals surface area (Å²) >= 11 is 0. The molecule has 2 bridgehead atoms. The Hall–Kier alpha value is -3.34. The number of para-hydroxylation sites is 1. The third-order valence-electron chi connectivity index (χ3n) is 7.29. The normalized spacial score (nSPS) is 28.8. The number of rotatable bonds is 2. The topological polar surface area (TPSA) is 48.9 Å². The SMILES string of the molecule is CC1=C(C)[C@]2(c3ccccc3)[C@@H]3C=C[C@@H]([C@H]12)n1c(=O)n(-c2ccccc2)c(=O)n13. The molecule has 0 radical (unpaired) electrons. The van der Waals surface area contributed by atoms with Crippen molar-refractivity contribution in [3.63, 3.8) is 0 Å². The van der Waals surface area contributed by atoms with Crippen molar-refractivity contribution < 1.29 is 0 Å². The van der Waals surface area contributed by atoms with Crippen LogP contribution < -0.4 is 11.4 Å². The number of allylic oxidation sites excluding steroid dienone is 4. The first-order chi connectivity index (χ1) is 14.1. The molecular formula is C24H21N3O2. The van der Waals surface area contributed by atoms with Crippen LogP contribution in [-0.2, 0) is 5.41 Å². The van der Waals surface area contributed by atoms with Crippen molar-refractivity contribution in [3.8, 4) is 5.69 Å². The van der Waals surface area contributed by atoms with Gasteiger partial charge >= 0.3 is 11.4 Å². The van der Waals surface area contributed by atoms with Gasteiger partial charge in [0.15, 0.2) is 0 Å². The fourth-order valence-corrected chi connectivity index (χ4v) is 6.04. The lowest BCUT2D eigenvalue weighted by Crippen LogP contribution is -2.63. The van der Waals surface area contributed by atoms with E-state index in [1.165, 1.54) is 21.3 Å². The Kier molecular flexibility index (Phi) is 3.08. The van der Waals surface area contributed by atoms with Crippen LogP contribution in [0.5, 0.6) is 0 Å². The molecule has 0 unspecified atom stereocenters. The van der Waals surface area contributed by atoms with Crippen LogP contribution in [0.1, 0.15) is 31.5 Å². The molecule has 0 N–H and O–H groups in total. The Balaban J connectivity index is 1.67. The van der Waals surface area contributed by atoms with Crippen LogP contribution in [0.15, 0.2) is 93.6 Å². The van der Waals surface area contributed by atoms with Crippen LogP contribution in [0.4, 0.5) is 0 Å². The van der Waals surface area contributed by atoms with E-state index in [1.807, 2.05) is 24.3 Å². The minimum Gasteiger partial charge on any atom is -0.245 e. The summed E-state index contributed by atoms with van der Waals surface area (Å²) in [6.45, 7) is 4.34. The molecule has 4 atom stereocenters. The maximum Gasteiger partial charge on any atom is 0.352 e. The van der Waals surface area contributed by atoms with Crippen LogP contribution in [0.3, 0.4) is 0 Å². The zero-order valence-electron chi connectivity index (χ0n) is 16.3. The molecule has 29 heavy (non-hydrogen) atoms. The lowest BCUT2D eigenvalue weighted by atomic mass is 9.46. The van der Waals surface area contributed by atoms with Crippen LogP contribution >= 0.6 is 0 Å². The molecule has 3 aromatic rings. The number of nitrogens with zero attached hydrogens (tertiary/aromatic N) is 3. The highest BCUT2D eigenvalue weighted by atomic mass is 16.2. The van der Waals surface area contributed by atoms with Gasteiger partial charge in [0.2, 0.25) is 0 Å². The zero-order valence-corrected chi connectivity index (χ0v) is 16.3. The molecule has 0 spiro atoms. The number of hydrogen-bond donors (Lipinski definition) is 0. The summed E-state index contributed by atoms with van der Waals surface area (Å²) in [5, 5.41) is 0. The minimum absolute atomic E-state index is 0.158. The third kappa shape index (κ3) is 1.73. The van der Waals surface area contributed by atoms with Gasteiger partial charge in [-0.25, -0.2) is 23.5 Å². The van der Waals surface area contributed by atoms with Crippen molar-refractivity contribution in [2.24, 2.45) is 5.92 Å². The van der Waals surface area contributed by atoms with Gasteiger partial charge in [0.25, 0.3) is 0 Å². The molecule has 7 rings (SSSR count). The summed E-state index contributed by atoms with van der Waals surface area (Å²) in [5.74, 6) is 0.184. The third-order valence-corrected chi connectivity index (χ3v) is 7.29. The lowest BCUT2D eigenvalue weighted by molar-refractivity contribution is 0.0784. The molecule has 0 amide bonds. The van der Waals surface area contributed by atoms with E-state index in [9.17, 15) is 9.59 Å². The number of aromatic nitrogens is 3. The first kappa shape index (κ1) is 16.6. The Morgan fingerprint density at radius 3 is 2.10 bits per heavy atom. The van der Waals surface area contributed by atoms with Gasteiger partial charge in [-0.05, 0) is 31.5 Å². The van der Waals surface area contributed by atoms with Crippen molar-refractivity contribution in [3.05, 3.63) is 110 Å². The molecule has 0 fully saturated rings. The Morgan fingerprint density at radius 2 is 1.41 bits per heavy atom. The first-order valence-electron chi connectivity index (χ1n) is 10.0. The Bertz CT molecular complexity index is 1320. The van der Waals surface area contributed by atoms with E-state index in [-0.39, 0.29) is 34.8 Å². The molecule has 2 aliphatic heterocycles. The van der Waals surface area contributed by atoms with Crippen LogP contribution in [0.25, 0.3) is 5.69 Å². The predicted octanol–water partition coefficient (Wildman–Crippen LogP) is 3.37. The summed E-state index contributed by atoms with van der Waals surface area (Å²) < 4.78 is 4.68. The first-order valence-corrected chi connectivity index (χ1v) is 10.0. The van der Waals surface area contributed by atoms with E-state index in [4.69, 9.17) is 0 Å². The van der Waals surface area contributed by atoms with Gasteiger partial charge < -0.3 is 0 Å². The quantitative estimate of drug-likeness (QED) is 0.637. The highest BCUT2D eigenvalue weighted by Gasteiger charge is 2.64. The minimum atomic E-state index is -0.274. The standard InChI is InChI=1S/C24H21N3O2/c1-15-16(2)24(17-9-5-3-6-10-17)20-14-13-19(21(15)24)26-22(28)25(23(29)27(20)26)18-11-7-4-8-12-18/h3-14,19-21H,1-2H3/t19-,20-,21-,24-/m0/s1.